The van der Waals surface area contributed by atoms with Crippen LogP contribution in [-0.2, 0) is 10.2 Å². The first kappa shape index (κ1) is 16.1. The Kier molecular flexibility index (Phi) is 7.50. The quantitative estimate of drug-likeness (QED) is 0.780. The molecule has 1 atom stereocenters. The van der Waals surface area contributed by atoms with E-state index >= 15 is 0 Å². The highest BCUT2D eigenvalue weighted by atomic mass is 35.5. The van der Waals surface area contributed by atoms with Gasteiger partial charge in [-0.2, -0.15) is 17.4 Å². The maximum absolute atomic E-state index is 11.9. The van der Waals surface area contributed by atoms with Crippen LogP contribution in [0, 0.1) is 0 Å². The third-order valence-electron chi connectivity index (χ3n) is 2.61. The van der Waals surface area contributed by atoms with Crippen molar-refractivity contribution < 1.29 is 8.42 Å². The molecule has 1 saturated heterocycles. The third kappa shape index (κ3) is 4.97. The van der Waals surface area contributed by atoms with Gasteiger partial charge in [0.25, 0.3) is 10.2 Å². The maximum Gasteiger partial charge on any atom is 0.279 e. The van der Waals surface area contributed by atoms with E-state index in [1.54, 1.807) is 6.92 Å². The first-order valence-electron chi connectivity index (χ1n) is 5.54. The molecule has 3 N–H and O–H groups in total. The highest BCUT2D eigenvalue weighted by Gasteiger charge is 2.23. The Bertz CT molecular complexity index is 276. The second-order valence-corrected chi connectivity index (χ2v) is 5.78. The van der Waals surface area contributed by atoms with Gasteiger partial charge < -0.3 is 5.73 Å². The Hall–Kier alpha value is 0.120. The summed E-state index contributed by atoms with van der Waals surface area (Å²) in [5.41, 5.74) is 5.39. The minimum absolute atomic E-state index is 0. The van der Waals surface area contributed by atoms with E-state index in [9.17, 15) is 8.42 Å². The molecule has 0 aromatic heterocycles. The molecule has 0 spiro atoms. The van der Waals surface area contributed by atoms with Crippen LogP contribution >= 0.6 is 12.4 Å². The van der Waals surface area contributed by atoms with Gasteiger partial charge in [-0.3, -0.25) is 0 Å². The summed E-state index contributed by atoms with van der Waals surface area (Å²) in [6.45, 7) is 3.36. The van der Waals surface area contributed by atoms with E-state index in [1.807, 2.05) is 0 Å². The second kappa shape index (κ2) is 7.45. The van der Waals surface area contributed by atoms with Gasteiger partial charge in [-0.05, 0) is 19.8 Å². The van der Waals surface area contributed by atoms with Crippen molar-refractivity contribution in [2.24, 2.45) is 5.73 Å². The van der Waals surface area contributed by atoms with E-state index in [4.69, 9.17) is 5.73 Å². The molecular weight excluding hydrogens is 250 g/mol. The number of halogens is 1. The lowest BCUT2D eigenvalue weighted by molar-refractivity contribution is 0.409. The molecule has 0 aromatic rings. The van der Waals surface area contributed by atoms with Crippen molar-refractivity contribution in [3.8, 4) is 0 Å². The van der Waals surface area contributed by atoms with Crippen LogP contribution in [0.15, 0.2) is 0 Å². The van der Waals surface area contributed by atoms with Crippen LogP contribution in [-0.4, -0.2) is 38.4 Å². The van der Waals surface area contributed by atoms with Crippen molar-refractivity contribution in [3.63, 3.8) is 0 Å². The monoisotopic (exact) mass is 271 g/mol. The van der Waals surface area contributed by atoms with Gasteiger partial charge >= 0.3 is 0 Å². The number of rotatable bonds is 4. The Morgan fingerprint density at radius 1 is 1.25 bits per heavy atom. The molecule has 0 bridgehead atoms. The Morgan fingerprint density at radius 2 is 1.75 bits per heavy atom. The topological polar surface area (TPSA) is 75.4 Å². The fourth-order valence-electron chi connectivity index (χ4n) is 1.66. The van der Waals surface area contributed by atoms with Gasteiger partial charge in [0.1, 0.15) is 0 Å². The van der Waals surface area contributed by atoms with Crippen molar-refractivity contribution in [3.05, 3.63) is 0 Å². The van der Waals surface area contributed by atoms with Crippen LogP contribution in [0.2, 0.25) is 0 Å². The van der Waals surface area contributed by atoms with E-state index in [2.05, 4.69) is 4.72 Å². The van der Waals surface area contributed by atoms with Gasteiger partial charge in [-0.1, -0.05) is 12.8 Å². The average molecular weight is 272 g/mol. The summed E-state index contributed by atoms with van der Waals surface area (Å²) in [6.07, 6.45) is 4.16. The predicted octanol–water partition coefficient (Wildman–Crippen LogP) is 0.466. The van der Waals surface area contributed by atoms with Crippen LogP contribution in [0.3, 0.4) is 0 Å². The second-order valence-electron chi connectivity index (χ2n) is 4.07. The average Bonchev–Trinajstić information content (AvgIpc) is 2.45. The summed E-state index contributed by atoms with van der Waals surface area (Å²) in [6, 6.07) is -0.196. The molecule has 1 fully saturated rings. The van der Waals surface area contributed by atoms with E-state index < -0.39 is 10.2 Å². The Morgan fingerprint density at radius 3 is 2.19 bits per heavy atom. The molecule has 0 amide bonds. The number of hydrogen-bond donors (Lipinski definition) is 2. The summed E-state index contributed by atoms with van der Waals surface area (Å²) in [4.78, 5) is 0. The number of nitrogens with one attached hydrogen (secondary N) is 1. The smallest absolute Gasteiger partial charge is 0.279 e. The number of nitrogens with zero attached hydrogens (tertiary/aromatic N) is 1. The zero-order valence-electron chi connectivity index (χ0n) is 9.68. The zero-order chi connectivity index (χ0) is 11.3. The highest BCUT2D eigenvalue weighted by Crippen LogP contribution is 2.12. The lowest BCUT2D eigenvalue weighted by Gasteiger charge is -2.22. The van der Waals surface area contributed by atoms with Gasteiger partial charge in [-0.25, -0.2) is 0 Å². The molecular formula is C9H22ClN3O2S. The van der Waals surface area contributed by atoms with Crippen molar-refractivity contribution in [2.45, 2.75) is 38.6 Å². The van der Waals surface area contributed by atoms with Gasteiger partial charge in [0, 0.05) is 25.7 Å². The fraction of sp³-hybridized carbons (Fsp3) is 1.00. The summed E-state index contributed by atoms with van der Waals surface area (Å²) in [5, 5.41) is 0. The molecule has 1 heterocycles. The highest BCUT2D eigenvalue weighted by molar-refractivity contribution is 7.87. The minimum Gasteiger partial charge on any atom is -0.329 e. The van der Waals surface area contributed by atoms with Crippen molar-refractivity contribution in [1.82, 2.24) is 9.03 Å². The zero-order valence-corrected chi connectivity index (χ0v) is 11.3. The normalized spacial score (nSPS) is 20.9. The molecule has 0 saturated carbocycles. The first-order valence-corrected chi connectivity index (χ1v) is 6.98. The Labute approximate surface area is 104 Å². The predicted molar refractivity (Wildman–Crippen MR) is 67.9 cm³/mol. The summed E-state index contributed by atoms with van der Waals surface area (Å²) < 4.78 is 27.8. The van der Waals surface area contributed by atoms with Gasteiger partial charge in [0.15, 0.2) is 0 Å². The van der Waals surface area contributed by atoms with Crippen LogP contribution in [0.4, 0.5) is 0 Å². The fourth-order valence-corrected chi connectivity index (χ4v) is 3.15. The molecule has 1 rings (SSSR count). The minimum atomic E-state index is -3.31. The van der Waals surface area contributed by atoms with E-state index in [0.717, 1.165) is 25.7 Å². The van der Waals surface area contributed by atoms with Gasteiger partial charge in [0.05, 0.1) is 0 Å². The number of nitrogens with two attached hydrogens (primary N) is 1. The van der Waals surface area contributed by atoms with Crippen LogP contribution in [0.5, 0.6) is 0 Å². The number of hydrogen-bond acceptors (Lipinski definition) is 3. The van der Waals surface area contributed by atoms with Crippen molar-refractivity contribution in [1.29, 1.82) is 0 Å². The Balaban J connectivity index is 0.00000225. The summed E-state index contributed by atoms with van der Waals surface area (Å²) >= 11 is 0. The molecule has 5 nitrogen and oxygen atoms in total. The molecule has 0 radical (unpaired) electrons. The van der Waals surface area contributed by atoms with Gasteiger partial charge in [-0.15, -0.1) is 12.4 Å². The molecule has 98 valence electrons. The largest absolute Gasteiger partial charge is 0.329 e. The lowest BCUT2D eigenvalue weighted by atomic mass is 10.2. The molecule has 0 aliphatic carbocycles. The molecule has 1 aliphatic rings. The van der Waals surface area contributed by atoms with Crippen LogP contribution in [0.25, 0.3) is 0 Å². The molecule has 16 heavy (non-hydrogen) atoms. The van der Waals surface area contributed by atoms with Crippen molar-refractivity contribution in [2.75, 3.05) is 19.6 Å². The summed E-state index contributed by atoms with van der Waals surface area (Å²) in [5.74, 6) is 0. The van der Waals surface area contributed by atoms with Crippen LogP contribution < -0.4 is 10.5 Å². The maximum atomic E-state index is 11.9. The molecule has 7 heteroatoms. The first-order chi connectivity index (χ1) is 7.06. The van der Waals surface area contributed by atoms with E-state index in [1.165, 1.54) is 4.31 Å². The SMILES string of the molecule is C[C@H](CN)NS(=O)(=O)N1CCCCCC1.Cl. The third-order valence-corrected chi connectivity index (χ3v) is 4.35. The molecule has 1 aliphatic heterocycles. The van der Waals surface area contributed by atoms with Gasteiger partial charge in [0.2, 0.25) is 0 Å². The van der Waals surface area contributed by atoms with E-state index in [0.29, 0.717) is 19.6 Å². The molecule has 0 aromatic carbocycles. The summed E-state index contributed by atoms with van der Waals surface area (Å²) in [7, 11) is -3.31. The van der Waals surface area contributed by atoms with Crippen LogP contribution in [0.1, 0.15) is 32.6 Å². The van der Waals surface area contributed by atoms with Crippen molar-refractivity contribution >= 4 is 22.6 Å². The lowest BCUT2D eigenvalue weighted by Crippen LogP contribution is -2.47. The molecule has 0 unspecified atom stereocenters. The van der Waals surface area contributed by atoms with E-state index in [-0.39, 0.29) is 18.4 Å². The standard InChI is InChI=1S/C9H21N3O2S.ClH/c1-9(8-10)11-15(13,14)12-6-4-2-3-5-7-12;/h9,11H,2-8,10H2,1H3;1H/t9-;/m1./s1.